The molecule has 1 aliphatic rings. The van der Waals surface area contributed by atoms with Crippen LogP contribution in [-0.2, 0) is 4.79 Å². The number of terminal acetylenes is 1. The van der Waals surface area contributed by atoms with E-state index in [1.54, 1.807) is 0 Å². The largest absolute Gasteiger partial charge is 0.354 e. The molecule has 1 fully saturated rings. The van der Waals surface area contributed by atoms with Crippen LogP contribution < -0.4 is 10.6 Å². The normalized spacial score (nSPS) is 21.9. The summed E-state index contributed by atoms with van der Waals surface area (Å²) in [7, 11) is 0. The summed E-state index contributed by atoms with van der Waals surface area (Å²) < 4.78 is 0. The van der Waals surface area contributed by atoms with E-state index in [2.05, 4.69) is 16.6 Å². The molecule has 1 unspecified atom stereocenters. The Balaban J connectivity index is 2.18. The summed E-state index contributed by atoms with van der Waals surface area (Å²) in [5, 5.41) is 5.99. The van der Waals surface area contributed by atoms with Crippen molar-refractivity contribution in [3.05, 3.63) is 0 Å². The van der Waals surface area contributed by atoms with Crippen LogP contribution >= 0.6 is 0 Å². The van der Waals surface area contributed by atoms with Crippen molar-refractivity contribution in [1.82, 2.24) is 10.6 Å². The molecule has 0 spiro atoms. The van der Waals surface area contributed by atoms with Gasteiger partial charge in [-0.15, -0.1) is 12.3 Å². The average Bonchev–Trinajstić information content (AvgIpc) is 2.19. The fourth-order valence-corrected chi connectivity index (χ4v) is 1.46. The number of hydrogen-bond acceptors (Lipinski definition) is 2. The first-order chi connectivity index (χ1) is 6.34. The van der Waals surface area contributed by atoms with Crippen molar-refractivity contribution in [2.45, 2.75) is 31.7 Å². The quantitative estimate of drug-likeness (QED) is 0.483. The number of piperidine rings is 1. The average molecular weight is 180 g/mol. The second-order valence-corrected chi connectivity index (χ2v) is 3.25. The van der Waals surface area contributed by atoms with Gasteiger partial charge in [0.15, 0.2) is 0 Å². The van der Waals surface area contributed by atoms with Gasteiger partial charge < -0.3 is 10.6 Å². The fourth-order valence-electron chi connectivity index (χ4n) is 1.46. The third-order valence-corrected chi connectivity index (χ3v) is 2.20. The predicted molar refractivity (Wildman–Crippen MR) is 52.1 cm³/mol. The molecule has 1 atom stereocenters. The highest BCUT2D eigenvalue weighted by Gasteiger charge is 2.19. The summed E-state index contributed by atoms with van der Waals surface area (Å²) in [5.74, 6) is 2.58. The molecule has 0 aromatic carbocycles. The van der Waals surface area contributed by atoms with E-state index in [4.69, 9.17) is 6.42 Å². The zero-order valence-corrected chi connectivity index (χ0v) is 7.81. The lowest BCUT2D eigenvalue weighted by molar-refractivity contribution is -0.123. The lowest BCUT2D eigenvalue weighted by Crippen LogP contribution is -2.46. The molecule has 3 nitrogen and oxygen atoms in total. The standard InChI is InChI=1S/C10H16N2O/c1-2-3-7-12-10(13)9-6-4-5-8-11-9/h1,9,11H,3-8H2,(H,12,13). The fraction of sp³-hybridized carbons (Fsp3) is 0.700. The van der Waals surface area contributed by atoms with Crippen molar-refractivity contribution in [2.75, 3.05) is 13.1 Å². The number of hydrogen-bond donors (Lipinski definition) is 2. The Morgan fingerprint density at radius 2 is 2.46 bits per heavy atom. The van der Waals surface area contributed by atoms with Crippen LogP contribution in [0.2, 0.25) is 0 Å². The molecule has 0 aliphatic carbocycles. The van der Waals surface area contributed by atoms with E-state index in [1.807, 2.05) is 0 Å². The zero-order valence-electron chi connectivity index (χ0n) is 7.81. The summed E-state index contributed by atoms with van der Waals surface area (Å²) >= 11 is 0. The van der Waals surface area contributed by atoms with E-state index in [-0.39, 0.29) is 11.9 Å². The molecule has 0 aromatic heterocycles. The molecule has 72 valence electrons. The van der Waals surface area contributed by atoms with Crippen LogP contribution in [0.15, 0.2) is 0 Å². The smallest absolute Gasteiger partial charge is 0.237 e. The Hall–Kier alpha value is -1.01. The van der Waals surface area contributed by atoms with Crippen molar-refractivity contribution in [2.24, 2.45) is 0 Å². The molecule has 1 amide bonds. The lowest BCUT2D eigenvalue weighted by Gasteiger charge is -2.22. The summed E-state index contributed by atoms with van der Waals surface area (Å²) in [6.45, 7) is 1.54. The Morgan fingerprint density at radius 1 is 1.62 bits per heavy atom. The molecule has 0 bridgehead atoms. The lowest BCUT2D eigenvalue weighted by atomic mass is 10.0. The molecule has 1 saturated heterocycles. The van der Waals surface area contributed by atoms with Crippen LogP contribution in [0.3, 0.4) is 0 Å². The van der Waals surface area contributed by atoms with E-state index in [0.29, 0.717) is 13.0 Å². The van der Waals surface area contributed by atoms with E-state index in [9.17, 15) is 4.79 Å². The molecular formula is C10H16N2O. The third kappa shape index (κ3) is 3.47. The van der Waals surface area contributed by atoms with Gasteiger partial charge >= 0.3 is 0 Å². The molecule has 3 heteroatoms. The van der Waals surface area contributed by atoms with Crippen LogP contribution in [0, 0.1) is 12.3 Å². The van der Waals surface area contributed by atoms with Crippen LogP contribution in [-0.4, -0.2) is 25.0 Å². The molecule has 0 aromatic rings. The first kappa shape index (κ1) is 10.1. The highest BCUT2D eigenvalue weighted by atomic mass is 16.2. The number of carbonyl (C=O) groups excluding carboxylic acids is 1. The zero-order chi connectivity index (χ0) is 9.52. The van der Waals surface area contributed by atoms with Gasteiger partial charge in [-0.1, -0.05) is 6.42 Å². The van der Waals surface area contributed by atoms with Gasteiger partial charge in [0, 0.05) is 13.0 Å². The maximum absolute atomic E-state index is 11.4. The summed E-state index contributed by atoms with van der Waals surface area (Å²) in [6.07, 6.45) is 8.95. The van der Waals surface area contributed by atoms with Crippen molar-refractivity contribution in [3.8, 4) is 12.3 Å². The number of nitrogens with one attached hydrogen (secondary N) is 2. The molecule has 1 rings (SSSR count). The SMILES string of the molecule is C#CCCNC(=O)C1CCCCN1. The Labute approximate surface area is 79.3 Å². The number of carbonyl (C=O) groups is 1. The maximum atomic E-state index is 11.4. The van der Waals surface area contributed by atoms with E-state index in [0.717, 1.165) is 19.4 Å². The van der Waals surface area contributed by atoms with Gasteiger partial charge in [-0.25, -0.2) is 0 Å². The second-order valence-electron chi connectivity index (χ2n) is 3.25. The van der Waals surface area contributed by atoms with Crippen molar-refractivity contribution >= 4 is 5.91 Å². The highest BCUT2D eigenvalue weighted by Crippen LogP contribution is 2.06. The summed E-state index contributed by atoms with van der Waals surface area (Å²) in [4.78, 5) is 11.4. The molecule has 1 aliphatic heterocycles. The van der Waals surface area contributed by atoms with Gasteiger partial charge in [0.05, 0.1) is 6.04 Å². The summed E-state index contributed by atoms with van der Waals surface area (Å²) in [5.41, 5.74) is 0. The van der Waals surface area contributed by atoms with Gasteiger partial charge in [-0.3, -0.25) is 4.79 Å². The van der Waals surface area contributed by atoms with Crippen LogP contribution in [0.4, 0.5) is 0 Å². The van der Waals surface area contributed by atoms with Gasteiger partial charge in [0.2, 0.25) is 5.91 Å². The first-order valence-corrected chi connectivity index (χ1v) is 4.79. The Kier molecular flexibility index (Phi) is 4.34. The Morgan fingerprint density at radius 3 is 3.08 bits per heavy atom. The molecule has 0 saturated carbocycles. The van der Waals surface area contributed by atoms with Gasteiger partial charge in [0.1, 0.15) is 0 Å². The van der Waals surface area contributed by atoms with Gasteiger partial charge in [-0.2, -0.15) is 0 Å². The minimum Gasteiger partial charge on any atom is -0.354 e. The number of rotatable bonds is 3. The topological polar surface area (TPSA) is 41.1 Å². The van der Waals surface area contributed by atoms with Crippen LogP contribution in [0.25, 0.3) is 0 Å². The molecule has 2 N–H and O–H groups in total. The first-order valence-electron chi connectivity index (χ1n) is 4.79. The molecular weight excluding hydrogens is 164 g/mol. The van der Waals surface area contributed by atoms with Gasteiger partial charge in [0.25, 0.3) is 0 Å². The highest BCUT2D eigenvalue weighted by molar-refractivity contribution is 5.81. The summed E-state index contributed by atoms with van der Waals surface area (Å²) in [6, 6.07) is 0.00604. The Bertz CT molecular complexity index is 201. The van der Waals surface area contributed by atoms with Crippen LogP contribution in [0.1, 0.15) is 25.7 Å². The van der Waals surface area contributed by atoms with E-state index >= 15 is 0 Å². The minimum atomic E-state index is 0.00604. The van der Waals surface area contributed by atoms with Crippen molar-refractivity contribution in [3.63, 3.8) is 0 Å². The molecule has 1 heterocycles. The van der Waals surface area contributed by atoms with Gasteiger partial charge in [-0.05, 0) is 19.4 Å². The predicted octanol–water partition coefficient (Wildman–Crippen LogP) is 0.268. The monoisotopic (exact) mass is 180 g/mol. The molecule has 13 heavy (non-hydrogen) atoms. The maximum Gasteiger partial charge on any atom is 0.237 e. The third-order valence-electron chi connectivity index (χ3n) is 2.20. The second kappa shape index (κ2) is 5.60. The van der Waals surface area contributed by atoms with Crippen molar-refractivity contribution < 1.29 is 4.79 Å². The van der Waals surface area contributed by atoms with Crippen molar-refractivity contribution in [1.29, 1.82) is 0 Å². The van der Waals surface area contributed by atoms with E-state index < -0.39 is 0 Å². The number of amides is 1. The molecule has 0 radical (unpaired) electrons. The van der Waals surface area contributed by atoms with Crippen LogP contribution in [0.5, 0.6) is 0 Å². The minimum absolute atomic E-state index is 0.00604. The van der Waals surface area contributed by atoms with E-state index in [1.165, 1.54) is 6.42 Å².